The molecule has 0 radical (unpaired) electrons. The van der Waals surface area contributed by atoms with Crippen molar-refractivity contribution in [3.05, 3.63) is 45.1 Å². The molecule has 1 aromatic heterocycles. The summed E-state index contributed by atoms with van der Waals surface area (Å²) in [5.74, 6) is 0.986. The highest BCUT2D eigenvalue weighted by molar-refractivity contribution is 5.85. The third-order valence-corrected chi connectivity index (χ3v) is 5.72. The fraction of sp³-hybridized carbons (Fsp3) is 0.500. The molecule has 1 aliphatic heterocycles. The number of halogens is 1. The van der Waals surface area contributed by atoms with Gasteiger partial charge in [-0.05, 0) is 36.8 Å². The van der Waals surface area contributed by atoms with Gasteiger partial charge < -0.3 is 10.6 Å². The minimum Gasteiger partial charge on any atom is -0.342 e. The summed E-state index contributed by atoms with van der Waals surface area (Å²) in [7, 11) is 0. The number of nitrogens with zero attached hydrogens (tertiary/aromatic N) is 2. The number of nitrogens with one attached hydrogen (secondary N) is 1. The molecule has 2 aromatic rings. The second-order valence-corrected chi connectivity index (χ2v) is 7.14. The van der Waals surface area contributed by atoms with Crippen LogP contribution in [0.1, 0.15) is 19.3 Å². The smallest absolute Gasteiger partial charge is 0.328 e. The normalized spacial score (nSPS) is 24.5. The van der Waals surface area contributed by atoms with Crippen molar-refractivity contribution in [2.75, 3.05) is 13.1 Å². The van der Waals surface area contributed by atoms with Gasteiger partial charge in [0.2, 0.25) is 5.91 Å². The van der Waals surface area contributed by atoms with Crippen LogP contribution >= 0.6 is 12.4 Å². The SMILES string of the molecule is Cl.NC1CCC2CN(C(=O)CCn3c(=O)[nH]c(=O)c4ccccc43)CC12. The van der Waals surface area contributed by atoms with Gasteiger partial charge >= 0.3 is 5.69 Å². The van der Waals surface area contributed by atoms with Gasteiger partial charge in [-0.3, -0.25) is 19.1 Å². The Bertz CT molecular complexity index is 938. The zero-order valence-electron chi connectivity index (χ0n) is 14.4. The first-order valence-electron chi connectivity index (χ1n) is 8.80. The highest BCUT2D eigenvalue weighted by Gasteiger charge is 2.42. The first kappa shape index (κ1) is 18.7. The molecule has 140 valence electrons. The Morgan fingerprint density at radius 3 is 2.73 bits per heavy atom. The van der Waals surface area contributed by atoms with Crippen molar-refractivity contribution in [3.63, 3.8) is 0 Å². The lowest BCUT2D eigenvalue weighted by atomic mass is 9.98. The van der Waals surface area contributed by atoms with Crippen molar-refractivity contribution in [1.82, 2.24) is 14.5 Å². The Morgan fingerprint density at radius 1 is 1.19 bits per heavy atom. The molecule has 2 fully saturated rings. The van der Waals surface area contributed by atoms with Crippen LogP contribution < -0.4 is 17.0 Å². The number of carbonyl (C=O) groups is 1. The van der Waals surface area contributed by atoms with E-state index < -0.39 is 11.2 Å². The second-order valence-electron chi connectivity index (χ2n) is 7.14. The molecule has 26 heavy (non-hydrogen) atoms. The number of H-pyrrole nitrogens is 1. The van der Waals surface area contributed by atoms with Gasteiger partial charge in [-0.15, -0.1) is 12.4 Å². The molecule has 1 saturated heterocycles. The van der Waals surface area contributed by atoms with Crippen LogP contribution in [0.25, 0.3) is 10.9 Å². The van der Waals surface area contributed by atoms with Gasteiger partial charge in [-0.25, -0.2) is 4.79 Å². The largest absolute Gasteiger partial charge is 0.342 e. The number of fused-ring (bicyclic) bond motifs is 2. The summed E-state index contributed by atoms with van der Waals surface area (Å²) in [4.78, 5) is 40.8. The summed E-state index contributed by atoms with van der Waals surface area (Å²) in [5, 5.41) is 0.455. The van der Waals surface area contributed by atoms with E-state index in [1.165, 1.54) is 4.57 Å². The number of aromatic nitrogens is 2. The van der Waals surface area contributed by atoms with E-state index in [0.29, 0.717) is 22.7 Å². The summed E-state index contributed by atoms with van der Waals surface area (Å²) in [5.41, 5.74) is 5.81. The molecule has 0 bridgehead atoms. The molecule has 3 unspecified atom stereocenters. The zero-order chi connectivity index (χ0) is 17.6. The van der Waals surface area contributed by atoms with Crippen LogP contribution in [0.3, 0.4) is 0 Å². The summed E-state index contributed by atoms with van der Waals surface area (Å²) in [6, 6.07) is 7.14. The Labute approximate surface area is 156 Å². The molecular weight excluding hydrogens is 356 g/mol. The minimum atomic E-state index is -0.475. The lowest BCUT2D eigenvalue weighted by molar-refractivity contribution is -0.130. The number of hydrogen-bond acceptors (Lipinski definition) is 4. The summed E-state index contributed by atoms with van der Waals surface area (Å²) < 4.78 is 1.47. The molecule has 2 aliphatic rings. The third kappa shape index (κ3) is 3.17. The average molecular weight is 379 g/mol. The molecule has 1 aromatic carbocycles. The molecule has 1 saturated carbocycles. The lowest BCUT2D eigenvalue weighted by Gasteiger charge is -2.19. The van der Waals surface area contributed by atoms with E-state index >= 15 is 0 Å². The van der Waals surface area contributed by atoms with Gasteiger partial charge in [0.1, 0.15) is 0 Å². The number of hydrogen-bond donors (Lipinski definition) is 2. The molecule has 0 spiro atoms. The maximum atomic E-state index is 12.6. The van der Waals surface area contributed by atoms with Crippen LogP contribution in [0.4, 0.5) is 0 Å². The number of likely N-dealkylation sites (tertiary alicyclic amines) is 1. The number of nitrogens with two attached hydrogens (primary N) is 1. The van der Waals surface area contributed by atoms with Crippen molar-refractivity contribution < 1.29 is 4.79 Å². The van der Waals surface area contributed by atoms with Crippen molar-refractivity contribution in [2.24, 2.45) is 17.6 Å². The molecule has 3 N–H and O–H groups in total. The van der Waals surface area contributed by atoms with Crippen LogP contribution in [0.5, 0.6) is 0 Å². The Hall–Kier alpha value is -2.12. The van der Waals surface area contributed by atoms with Gasteiger partial charge in [-0.2, -0.15) is 0 Å². The van der Waals surface area contributed by atoms with Gasteiger partial charge in [0, 0.05) is 32.1 Å². The maximum Gasteiger partial charge on any atom is 0.328 e. The highest BCUT2D eigenvalue weighted by Crippen LogP contribution is 2.37. The van der Waals surface area contributed by atoms with Crippen LogP contribution in [0, 0.1) is 11.8 Å². The quantitative estimate of drug-likeness (QED) is 0.820. The van der Waals surface area contributed by atoms with E-state index in [4.69, 9.17) is 5.73 Å². The molecule has 3 atom stereocenters. The van der Waals surface area contributed by atoms with E-state index in [9.17, 15) is 14.4 Å². The lowest BCUT2D eigenvalue weighted by Crippen LogP contribution is -2.35. The fourth-order valence-electron chi connectivity index (χ4n) is 4.34. The number of carbonyl (C=O) groups excluding carboxylic acids is 1. The summed E-state index contributed by atoms with van der Waals surface area (Å²) in [6.45, 7) is 1.76. The molecule has 2 heterocycles. The van der Waals surface area contributed by atoms with Crippen LogP contribution in [0.15, 0.2) is 33.9 Å². The van der Waals surface area contributed by atoms with E-state index in [1.807, 2.05) is 4.90 Å². The topological polar surface area (TPSA) is 101 Å². The zero-order valence-corrected chi connectivity index (χ0v) is 15.2. The molecule has 8 heteroatoms. The Balaban J connectivity index is 0.00000196. The fourth-order valence-corrected chi connectivity index (χ4v) is 4.34. The maximum absolute atomic E-state index is 12.6. The standard InChI is InChI=1S/C18H22N4O3.ClH/c19-14-6-5-11-9-21(10-13(11)14)16(23)7-8-22-15-4-2-1-3-12(15)17(24)20-18(22)25;/h1-4,11,13-14H,5-10,19H2,(H,20,24,25);1H. The number of rotatable bonds is 3. The van der Waals surface area contributed by atoms with Crippen LogP contribution in [-0.4, -0.2) is 39.5 Å². The first-order valence-corrected chi connectivity index (χ1v) is 8.80. The molecule has 4 rings (SSSR count). The summed E-state index contributed by atoms with van der Waals surface area (Å²) >= 11 is 0. The number of aryl methyl sites for hydroxylation is 1. The minimum absolute atomic E-state index is 0. The average Bonchev–Trinajstić information content (AvgIpc) is 3.17. The second kappa shape index (κ2) is 7.25. The van der Waals surface area contributed by atoms with E-state index in [1.54, 1.807) is 24.3 Å². The number of amides is 1. The highest BCUT2D eigenvalue weighted by atomic mass is 35.5. The molecular formula is C18H23ClN4O3. The van der Waals surface area contributed by atoms with E-state index in [-0.39, 0.29) is 37.3 Å². The van der Waals surface area contributed by atoms with Gasteiger partial charge in [0.25, 0.3) is 5.56 Å². The van der Waals surface area contributed by atoms with Crippen LogP contribution in [0.2, 0.25) is 0 Å². The number of aromatic amines is 1. The van der Waals surface area contributed by atoms with Gasteiger partial charge in [-0.1, -0.05) is 12.1 Å². The van der Waals surface area contributed by atoms with E-state index in [0.717, 1.165) is 25.9 Å². The van der Waals surface area contributed by atoms with Crippen molar-refractivity contribution in [2.45, 2.75) is 31.8 Å². The van der Waals surface area contributed by atoms with Crippen molar-refractivity contribution >= 4 is 29.2 Å². The van der Waals surface area contributed by atoms with Crippen molar-refractivity contribution in [1.29, 1.82) is 0 Å². The Kier molecular flexibility index (Phi) is 5.20. The number of para-hydroxylation sites is 1. The van der Waals surface area contributed by atoms with Gasteiger partial charge in [0.05, 0.1) is 10.9 Å². The monoisotopic (exact) mass is 378 g/mol. The van der Waals surface area contributed by atoms with Crippen molar-refractivity contribution in [3.8, 4) is 0 Å². The third-order valence-electron chi connectivity index (χ3n) is 5.72. The molecule has 7 nitrogen and oxygen atoms in total. The number of benzene rings is 1. The Morgan fingerprint density at radius 2 is 1.96 bits per heavy atom. The first-order chi connectivity index (χ1) is 12.0. The predicted molar refractivity (Wildman–Crippen MR) is 101 cm³/mol. The molecule has 1 amide bonds. The summed E-state index contributed by atoms with van der Waals surface area (Å²) in [6.07, 6.45) is 2.39. The predicted octanol–water partition coefficient (Wildman–Crippen LogP) is 0.697. The molecule has 1 aliphatic carbocycles. The van der Waals surface area contributed by atoms with E-state index in [2.05, 4.69) is 4.98 Å². The van der Waals surface area contributed by atoms with Gasteiger partial charge in [0.15, 0.2) is 0 Å². The van der Waals surface area contributed by atoms with Crippen LogP contribution in [-0.2, 0) is 11.3 Å².